The molecule has 4 heteroatoms. The lowest BCUT2D eigenvalue weighted by Gasteiger charge is -2.27. The van der Waals surface area contributed by atoms with Gasteiger partial charge in [0.25, 0.3) is 0 Å². The molecule has 0 fully saturated rings. The Morgan fingerprint density at radius 2 is 2.09 bits per heavy atom. The van der Waals surface area contributed by atoms with Gasteiger partial charge in [0.1, 0.15) is 0 Å². The highest BCUT2D eigenvalue weighted by Gasteiger charge is 2.18. The third kappa shape index (κ3) is 3.66. The number of hydrogen-bond donors (Lipinski definition) is 3. The summed E-state index contributed by atoms with van der Waals surface area (Å²) in [6, 6.07) is 14.5. The van der Waals surface area contributed by atoms with E-state index in [1.807, 2.05) is 19.1 Å². The standard InChI is InChI=1S/C19H24N2O2/c1-2-23-18-9-5-7-15(19(18)22)12-20-13-17-16-8-4-3-6-14(16)10-11-21-17/h3-9,17,20-22H,2,10-13H2,1H3. The monoisotopic (exact) mass is 312 g/mol. The van der Waals surface area contributed by atoms with E-state index in [4.69, 9.17) is 4.74 Å². The summed E-state index contributed by atoms with van der Waals surface area (Å²) in [6.45, 7) is 4.92. The van der Waals surface area contributed by atoms with E-state index in [1.165, 1.54) is 11.1 Å². The van der Waals surface area contributed by atoms with Crippen molar-refractivity contribution in [3.8, 4) is 11.5 Å². The zero-order valence-corrected chi connectivity index (χ0v) is 13.5. The van der Waals surface area contributed by atoms with Crippen LogP contribution >= 0.6 is 0 Å². The van der Waals surface area contributed by atoms with Gasteiger partial charge in [-0.05, 0) is 37.1 Å². The molecule has 0 bridgehead atoms. The molecule has 23 heavy (non-hydrogen) atoms. The molecular weight excluding hydrogens is 288 g/mol. The SMILES string of the molecule is CCOc1cccc(CNCC2NCCc3ccccc32)c1O. The van der Waals surface area contributed by atoms with Crippen LogP contribution in [0.3, 0.4) is 0 Å². The van der Waals surface area contributed by atoms with Gasteiger partial charge in [-0.25, -0.2) is 0 Å². The molecule has 0 radical (unpaired) electrons. The van der Waals surface area contributed by atoms with Gasteiger partial charge in [0.2, 0.25) is 0 Å². The Morgan fingerprint density at radius 1 is 1.22 bits per heavy atom. The fraction of sp³-hybridized carbons (Fsp3) is 0.368. The zero-order chi connectivity index (χ0) is 16.1. The number of nitrogens with one attached hydrogen (secondary N) is 2. The van der Waals surface area contributed by atoms with Gasteiger partial charge in [-0.3, -0.25) is 0 Å². The lowest BCUT2D eigenvalue weighted by Crippen LogP contribution is -2.36. The topological polar surface area (TPSA) is 53.5 Å². The van der Waals surface area contributed by atoms with Crippen LogP contribution in [0.5, 0.6) is 11.5 Å². The van der Waals surface area contributed by atoms with Crippen LogP contribution in [0.2, 0.25) is 0 Å². The van der Waals surface area contributed by atoms with Crippen LogP contribution in [0.1, 0.15) is 29.7 Å². The number of ether oxygens (including phenoxy) is 1. The summed E-state index contributed by atoms with van der Waals surface area (Å²) in [6.07, 6.45) is 1.09. The van der Waals surface area contributed by atoms with E-state index in [1.54, 1.807) is 6.07 Å². The second kappa shape index (κ2) is 7.49. The van der Waals surface area contributed by atoms with E-state index in [0.29, 0.717) is 24.9 Å². The van der Waals surface area contributed by atoms with Crippen molar-refractivity contribution in [1.29, 1.82) is 0 Å². The minimum Gasteiger partial charge on any atom is -0.504 e. The fourth-order valence-electron chi connectivity index (χ4n) is 3.11. The normalized spacial score (nSPS) is 16.8. The van der Waals surface area contributed by atoms with Gasteiger partial charge in [-0.2, -0.15) is 0 Å². The lowest BCUT2D eigenvalue weighted by atomic mass is 9.94. The minimum absolute atomic E-state index is 0.235. The third-order valence-electron chi connectivity index (χ3n) is 4.26. The summed E-state index contributed by atoms with van der Waals surface area (Å²) >= 11 is 0. The van der Waals surface area contributed by atoms with E-state index in [2.05, 4.69) is 34.9 Å². The quantitative estimate of drug-likeness (QED) is 0.768. The van der Waals surface area contributed by atoms with Crippen LogP contribution in [0.25, 0.3) is 0 Å². The number of phenolic OH excluding ortho intramolecular Hbond substituents is 1. The molecule has 1 unspecified atom stereocenters. The van der Waals surface area contributed by atoms with Crippen LogP contribution < -0.4 is 15.4 Å². The van der Waals surface area contributed by atoms with Crippen LogP contribution in [0, 0.1) is 0 Å². The maximum Gasteiger partial charge on any atom is 0.162 e. The van der Waals surface area contributed by atoms with Gasteiger partial charge in [0.05, 0.1) is 6.61 Å². The molecule has 0 saturated carbocycles. The average molecular weight is 312 g/mol. The predicted octanol–water partition coefficient (Wildman–Crippen LogP) is 2.77. The number of hydrogen-bond acceptors (Lipinski definition) is 4. The summed E-state index contributed by atoms with van der Waals surface area (Å²) in [5.41, 5.74) is 3.66. The molecular formula is C19H24N2O2. The molecule has 3 rings (SSSR count). The molecule has 1 aliphatic rings. The summed E-state index contributed by atoms with van der Waals surface area (Å²) in [4.78, 5) is 0. The molecule has 1 aliphatic heterocycles. The average Bonchev–Trinajstić information content (AvgIpc) is 2.58. The molecule has 0 amide bonds. The van der Waals surface area contributed by atoms with E-state index in [-0.39, 0.29) is 5.75 Å². The van der Waals surface area contributed by atoms with Crippen molar-refractivity contribution >= 4 is 0 Å². The summed E-state index contributed by atoms with van der Waals surface area (Å²) in [5, 5.41) is 17.2. The number of rotatable bonds is 6. The number of aromatic hydroxyl groups is 1. The van der Waals surface area contributed by atoms with Gasteiger partial charge >= 0.3 is 0 Å². The smallest absolute Gasteiger partial charge is 0.162 e. The minimum atomic E-state index is 0.235. The van der Waals surface area contributed by atoms with E-state index in [9.17, 15) is 5.11 Å². The highest BCUT2D eigenvalue weighted by molar-refractivity contribution is 5.45. The molecule has 2 aromatic carbocycles. The highest BCUT2D eigenvalue weighted by atomic mass is 16.5. The number of fused-ring (bicyclic) bond motifs is 1. The Kier molecular flexibility index (Phi) is 5.16. The van der Waals surface area contributed by atoms with Gasteiger partial charge in [-0.15, -0.1) is 0 Å². The molecule has 0 spiro atoms. The molecule has 0 saturated heterocycles. The van der Waals surface area contributed by atoms with E-state index < -0.39 is 0 Å². The van der Waals surface area contributed by atoms with Gasteiger partial charge in [0.15, 0.2) is 11.5 Å². The number of phenols is 1. The molecule has 4 nitrogen and oxygen atoms in total. The summed E-state index contributed by atoms with van der Waals surface area (Å²) < 4.78 is 5.43. The summed E-state index contributed by atoms with van der Waals surface area (Å²) in [5.74, 6) is 0.784. The Hall–Kier alpha value is -2.04. The first kappa shape index (κ1) is 15.8. The van der Waals surface area contributed by atoms with Crippen molar-refractivity contribution in [2.45, 2.75) is 25.9 Å². The van der Waals surface area contributed by atoms with Crippen molar-refractivity contribution in [3.63, 3.8) is 0 Å². The predicted molar refractivity (Wildman–Crippen MR) is 91.9 cm³/mol. The highest BCUT2D eigenvalue weighted by Crippen LogP contribution is 2.29. The first-order valence-electron chi connectivity index (χ1n) is 8.25. The van der Waals surface area contributed by atoms with Crippen molar-refractivity contribution in [2.24, 2.45) is 0 Å². The van der Waals surface area contributed by atoms with Gasteiger partial charge in [0, 0.05) is 24.7 Å². The number of para-hydroxylation sites is 1. The molecule has 1 atom stereocenters. The molecule has 0 aliphatic carbocycles. The Labute approximate surface area is 137 Å². The lowest BCUT2D eigenvalue weighted by molar-refractivity contribution is 0.316. The first-order valence-corrected chi connectivity index (χ1v) is 8.25. The maximum absolute atomic E-state index is 10.2. The van der Waals surface area contributed by atoms with E-state index in [0.717, 1.165) is 25.1 Å². The third-order valence-corrected chi connectivity index (χ3v) is 4.26. The largest absolute Gasteiger partial charge is 0.504 e. The molecule has 3 N–H and O–H groups in total. The van der Waals surface area contributed by atoms with E-state index >= 15 is 0 Å². The van der Waals surface area contributed by atoms with Gasteiger partial charge < -0.3 is 20.5 Å². The zero-order valence-electron chi connectivity index (χ0n) is 13.5. The van der Waals surface area contributed by atoms with Gasteiger partial charge in [-0.1, -0.05) is 36.4 Å². The maximum atomic E-state index is 10.2. The Balaban J connectivity index is 1.61. The molecule has 1 heterocycles. The van der Waals surface area contributed by atoms with Crippen LogP contribution in [-0.4, -0.2) is 24.8 Å². The summed E-state index contributed by atoms with van der Waals surface area (Å²) in [7, 11) is 0. The Bertz CT molecular complexity index is 658. The van der Waals surface area contributed by atoms with Crippen LogP contribution in [0.4, 0.5) is 0 Å². The van der Waals surface area contributed by atoms with Crippen molar-refractivity contribution in [3.05, 3.63) is 59.2 Å². The second-order valence-corrected chi connectivity index (χ2v) is 5.78. The number of benzene rings is 2. The molecule has 2 aromatic rings. The Morgan fingerprint density at radius 3 is 2.96 bits per heavy atom. The van der Waals surface area contributed by atoms with Crippen LogP contribution in [0.15, 0.2) is 42.5 Å². The molecule has 122 valence electrons. The second-order valence-electron chi connectivity index (χ2n) is 5.78. The fourth-order valence-corrected chi connectivity index (χ4v) is 3.11. The van der Waals surface area contributed by atoms with Crippen molar-refractivity contribution in [1.82, 2.24) is 10.6 Å². The van der Waals surface area contributed by atoms with Crippen LogP contribution in [-0.2, 0) is 13.0 Å². The molecule has 0 aromatic heterocycles. The first-order chi connectivity index (χ1) is 11.3. The van der Waals surface area contributed by atoms with Crippen molar-refractivity contribution < 1.29 is 9.84 Å². The van der Waals surface area contributed by atoms with Crippen molar-refractivity contribution in [2.75, 3.05) is 19.7 Å².